The molecule has 2 aromatic carbocycles. The third-order valence-corrected chi connectivity index (χ3v) is 5.01. The molecule has 27 heavy (non-hydrogen) atoms. The number of hydrogen-bond acceptors (Lipinski definition) is 3. The first-order chi connectivity index (χ1) is 13.1. The molecule has 1 aliphatic rings. The Balaban J connectivity index is 1.80. The van der Waals surface area contributed by atoms with Crippen molar-refractivity contribution in [2.75, 3.05) is 20.2 Å². The predicted octanol–water partition coefficient (Wildman–Crippen LogP) is 5.18. The lowest BCUT2D eigenvalue weighted by Crippen LogP contribution is -2.35. The lowest BCUT2D eigenvalue weighted by atomic mass is 9.98. The Labute approximate surface area is 166 Å². The number of rotatable bonds is 7. The summed E-state index contributed by atoms with van der Waals surface area (Å²) in [5.74, 6) is 0.820. The van der Waals surface area contributed by atoms with Crippen LogP contribution in [0.2, 0.25) is 5.02 Å². The van der Waals surface area contributed by atoms with Gasteiger partial charge in [0.15, 0.2) is 0 Å². The molecule has 0 atom stereocenters. The lowest BCUT2D eigenvalue weighted by molar-refractivity contribution is 0.247. The van der Waals surface area contributed by atoms with E-state index in [0.29, 0.717) is 5.02 Å². The van der Waals surface area contributed by atoms with E-state index < -0.39 is 0 Å². The largest absolute Gasteiger partial charge is 0.496 e. The summed E-state index contributed by atoms with van der Waals surface area (Å²) in [5, 5.41) is 0.704. The fraction of sp³-hybridized carbons (Fsp3) is 0.217. The summed E-state index contributed by atoms with van der Waals surface area (Å²) >= 11 is 6.16. The number of likely N-dealkylation sites (tertiary alicyclic amines) is 1. The Morgan fingerprint density at radius 2 is 2.04 bits per heavy atom. The predicted molar refractivity (Wildman–Crippen MR) is 114 cm³/mol. The van der Waals surface area contributed by atoms with E-state index >= 15 is 0 Å². The van der Waals surface area contributed by atoms with Gasteiger partial charge in [0.05, 0.1) is 7.11 Å². The third-order valence-electron chi connectivity index (χ3n) is 4.77. The molecule has 2 aromatic rings. The molecule has 0 radical (unpaired) electrons. The van der Waals surface area contributed by atoms with E-state index in [-0.39, 0.29) is 0 Å². The zero-order chi connectivity index (χ0) is 19.2. The van der Waals surface area contributed by atoms with Gasteiger partial charge in [-0.2, -0.15) is 0 Å². The summed E-state index contributed by atoms with van der Waals surface area (Å²) in [4.78, 5) is 2.26. The summed E-state index contributed by atoms with van der Waals surface area (Å²) in [7, 11) is 1.68. The smallest absolute Gasteiger partial charge is 0.126 e. The van der Waals surface area contributed by atoms with Gasteiger partial charge in [-0.05, 0) is 66.1 Å². The molecule has 0 amide bonds. The van der Waals surface area contributed by atoms with Gasteiger partial charge in [-0.15, -0.1) is 0 Å². The maximum atomic E-state index is 6.16. The summed E-state index contributed by atoms with van der Waals surface area (Å²) in [6.45, 7) is 6.30. The molecule has 4 heteroatoms. The van der Waals surface area contributed by atoms with Crippen LogP contribution >= 0.6 is 11.6 Å². The second kappa shape index (κ2) is 8.83. The van der Waals surface area contributed by atoms with Gasteiger partial charge >= 0.3 is 0 Å². The monoisotopic (exact) mass is 380 g/mol. The zero-order valence-electron chi connectivity index (χ0n) is 15.6. The average Bonchev–Trinajstić information content (AvgIpc) is 2.63. The molecule has 1 heterocycles. The minimum atomic E-state index is 0.704. The molecular formula is C23H25ClN2O. The van der Waals surface area contributed by atoms with E-state index in [1.807, 2.05) is 42.5 Å². The van der Waals surface area contributed by atoms with Crippen LogP contribution in [0.4, 0.5) is 0 Å². The van der Waals surface area contributed by atoms with Gasteiger partial charge in [0.25, 0.3) is 0 Å². The van der Waals surface area contributed by atoms with Gasteiger partial charge in [-0.3, -0.25) is 0 Å². The summed E-state index contributed by atoms with van der Waals surface area (Å²) in [5.41, 5.74) is 11.1. The van der Waals surface area contributed by atoms with Crippen molar-refractivity contribution in [3.05, 3.63) is 89.3 Å². The number of methoxy groups -OCH3 is 1. The average molecular weight is 381 g/mol. The molecule has 0 aliphatic carbocycles. The van der Waals surface area contributed by atoms with Crippen LogP contribution in [0.15, 0.2) is 78.7 Å². The Bertz CT molecular complexity index is 882. The highest BCUT2D eigenvalue weighted by atomic mass is 35.5. The fourth-order valence-corrected chi connectivity index (χ4v) is 3.26. The topological polar surface area (TPSA) is 38.5 Å². The standard InChI is InChI=1S/C23H25ClN2O/c1-17(26-11-4-12-26)7-8-19(16-25)13-18-9-10-23(27-2)22(14-18)20-5-3-6-21(24)15-20/h3,5-10,14-16H,1,4,11-13,25H2,2H3/b8-7-,19-16+. The molecule has 0 unspecified atom stereocenters. The highest BCUT2D eigenvalue weighted by Crippen LogP contribution is 2.33. The molecular weight excluding hydrogens is 356 g/mol. The number of nitrogens with two attached hydrogens (primary N) is 1. The number of benzene rings is 2. The number of nitrogens with zero attached hydrogens (tertiary/aromatic N) is 1. The molecule has 1 fully saturated rings. The van der Waals surface area contributed by atoms with E-state index in [1.165, 1.54) is 6.42 Å². The van der Waals surface area contributed by atoms with Crippen molar-refractivity contribution >= 4 is 11.6 Å². The molecule has 2 N–H and O–H groups in total. The van der Waals surface area contributed by atoms with Crippen LogP contribution in [-0.2, 0) is 6.42 Å². The van der Waals surface area contributed by atoms with Crippen LogP contribution in [0, 0.1) is 0 Å². The van der Waals surface area contributed by atoms with Crippen LogP contribution in [0.1, 0.15) is 12.0 Å². The van der Waals surface area contributed by atoms with Gasteiger partial charge in [0, 0.05) is 29.4 Å². The van der Waals surface area contributed by atoms with Crippen LogP contribution in [-0.4, -0.2) is 25.1 Å². The summed E-state index contributed by atoms with van der Waals surface area (Å²) in [6, 6.07) is 14.0. The number of allylic oxidation sites excluding steroid dienone is 3. The first-order valence-electron chi connectivity index (χ1n) is 9.06. The normalized spacial score (nSPS) is 14.3. The molecule has 3 rings (SSSR count). The highest BCUT2D eigenvalue weighted by Gasteiger charge is 2.13. The second-order valence-corrected chi connectivity index (χ2v) is 7.07. The third kappa shape index (κ3) is 4.75. The van der Waals surface area contributed by atoms with Gasteiger partial charge in [0.2, 0.25) is 0 Å². The molecule has 0 bridgehead atoms. The maximum Gasteiger partial charge on any atom is 0.126 e. The van der Waals surface area contributed by atoms with E-state index in [1.54, 1.807) is 13.3 Å². The molecule has 0 aromatic heterocycles. The van der Waals surface area contributed by atoms with Crippen LogP contribution in [0.3, 0.4) is 0 Å². The van der Waals surface area contributed by atoms with Gasteiger partial charge < -0.3 is 15.4 Å². The number of halogens is 1. The van der Waals surface area contributed by atoms with Crippen molar-refractivity contribution in [3.8, 4) is 16.9 Å². The van der Waals surface area contributed by atoms with Gasteiger partial charge in [-0.1, -0.05) is 42.5 Å². The molecule has 140 valence electrons. The minimum Gasteiger partial charge on any atom is -0.496 e. The van der Waals surface area contributed by atoms with Gasteiger partial charge in [0.1, 0.15) is 5.75 Å². The first kappa shape index (κ1) is 19.1. The van der Waals surface area contributed by atoms with Gasteiger partial charge in [-0.25, -0.2) is 0 Å². The Morgan fingerprint density at radius 3 is 2.67 bits per heavy atom. The molecule has 0 spiro atoms. The van der Waals surface area contributed by atoms with E-state index in [0.717, 1.165) is 53.2 Å². The zero-order valence-corrected chi connectivity index (χ0v) is 16.4. The van der Waals surface area contributed by atoms with Crippen LogP contribution in [0.5, 0.6) is 5.75 Å². The number of hydrogen-bond donors (Lipinski definition) is 1. The first-order valence-corrected chi connectivity index (χ1v) is 9.44. The number of ether oxygens (including phenoxy) is 1. The van der Waals surface area contributed by atoms with Crippen molar-refractivity contribution in [1.29, 1.82) is 0 Å². The Hall–Kier alpha value is -2.65. The Morgan fingerprint density at radius 1 is 1.22 bits per heavy atom. The minimum absolute atomic E-state index is 0.704. The SMILES string of the molecule is C=C(/C=C\C(=C/N)Cc1ccc(OC)c(-c2cccc(Cl)c2)c1)N1CCC1. The fourth-order valence-electron chi connectivity index (χ4n) is 3.07. The van der Waals surface area contributed by atoms with Crippen molar-refractivity contribution in [1.82, 2.24) is 4.90 Å². The van der Waals surface area contributed by atoms with Crippen molar-refractivity contribution in [3.63, 3.8) is 0 Å². The van der Waals surface area contributed by atoms with Crippen LogP contribution < -0.4 is 10.5 Å². The lowest BCUT2D eigenvalue weighted by Gasteiger charge is -2.33. The molecule has 3 nitrogen and oxygen atoms in total. The van der Waals surface area contributed by atoms with E-state index in [4.69, 9.17) is 22.1 Å². The maximum absolute atomic E-state index is 6.16. The Kier molecular flexibility index (Phi) is 6.25. The summed E-state index contributed by atoms with van der Waals surface area (Å²) in [6.07, 6.45) is 7.72. The highest BCUT2D eigenvalue weighted by molar-refractivity contribution is 6.30. The van der Waals surface area contributed by atoms with Crippen molar-refractivity contribution < 1.29 is 4.74 Å². The molecule has 1 aliphatic heterocycles. The van der Waals surface area contributed by atoms with Crippen molar-refractivity contribution in [2.45, 2.75) is 12.8 Å². The summed E-state index contributed by atoms with van der Waals surface area (Å²) < 4.78 is 5.54. The molecule has 0 saturated carbocycles. The van der Waals surface area contributed by atoms with Crippen molar-refractivity contribution in [2.24, 2.45) is 5.73 Å². The quantitative estimate of drug-likeness (QED) is 0.673. The van der Waals surface area contributed by atoms with E-state index in [2.05, 4.69) is 23.6 Å². The molecule has 1 saturated heterocycles. The second-order valence-electron chi connectivity index (χ2n) is 6.63. The van der Waals surface area contributed by atoms with Crippen LogP contribution in [0.25, 0.3) is 11.1 Å². The van der Waals surface area contributed by atoms with E-state index in [9.17, 15) is 0 Å².